The van der Waals surface area contributed by atoms with Gasteiger partial charge in [-0.25, -0.2) is 4.98 Å². The molecule has 3 aromatic rings. The zero-order valence-corrected chi connectivity index (χ0v) is 15.7. The summed E-state index contributed by atoms with van der Waals surface area (Å²) in [6.45, 7) is 0. The Kier molecular flexibility index (Phi) is 5.96. The van der Waals surface area contributed by atoms with E-state index in [0.29, 0.717) is 16.7 Å². The van der Waals surface area contributed by atoms with Crippen LogP contribution in [0.3, 0.4) is 0 Å². The summed E-state index contributed by atoms with van der Waals surface area (Å²) < 4.78 is 43.9. The summed E-state index contributed by atoms with van der Waals surface area (Å²) in [7, 11) is 0. The van der Waals surface area contributed by atoms with Crippen molar-refractivity contribution in [3.8, 4) is 11.3 Å². The molecule has 0 saturated carbocycles. The van der Waals surface area contributed by atoms with Crippen LogP contribution in [0, 0.1) is 0 Å². The Balaban J connectivity index is 1.61. The largest absolute Gasteiger partial charge is 0.441 e. The summed E-state index contributed by atoms with van der Waals surface area (Å²) in [6.07, 6.45) is -2.86. The first-order chi connectivity index (χ1) is 13.2. The molecule has 9 heteroatoms. The molecule has 0 radical (unpaired) electrons. The molecule has 0 saturated heterocycles. The number of benzene rings is 2. The smallest absolute Gasteiger partial charge is 0.416 e. The quantitative estimate of drug-likeness (QED) is 0.523. The third kappa shape index (κ3) is 5.05. The number of halogens is 5. The second-order valence-electron chi connectivity index (χ2n) is 5.87. The highest BCUT2D eigenvalue weighted by molar-refractivity contribution is 6.33. The maximum atomic E-state index is 12.8. The molecular formula is C19H13Cl2F3N2O2. The minimum Gasteiger partial charge on any atom is -0.441 e. The monoisotopic (exact) mass is 428 g/mol. The molecule has 2 aromatic carbocycles. The van der Waals surface area contributed by atoms with Crippen molar-refractivity contribution in [2.24, 2.45) is 0 Å². The first-order valence-corrected chi connectivity index (χ1v) is 8.85. The van der Waals surface area contributed by atoms with Crippen molar-refractivity contribution in [2.75, 3.05) is 5.32 Å². The van der Waals surface area contributed by atoms with E-state index < -0.39 is 17.6 Å². The number of anilines is 1. The van der Waals surface area contributed by atoms with Crippen LogP contribution < -0.4 is 5.32 Å². The molecular weight excluding hydrogens is 416 g/mol. The number of nitrogens with one attached hydrogen (secondary N) is 1. The molecule has 0 unspecified atom stereocenters. The minimum absolute atomic E-state index is 0.0162. The minimum atomic E-state index is -4.53. The van der Waals surface area contributed by atoms with Gasteiger partial charge < -0.3 is 9.73 Å². The van der Waals surface area contributed by atoms with Gasteiger partial charge in [-0.3, -0.25) is 4.79 Å². The van der Waals surface area contributed by atoms with Crippen molar-refractivity contribution in [2.45, 2.75) is 19.0 Å². The topological polar surface area (TPSA) is 55.1 Å². The van der Waals surface area contributed by atoms with Crippen LogP contribution in [-0.4, -0.2) is 10.9 Å². The maximum Gasteiger partial charge on any atom is 0.416 e. The van der Waals surface area contributed by atoms with Gasteiger partial charge in [0.05, 0.1) is 22.5 Å². The van der Waals surface area contributed by atoms with Crippen LogP contribution in [0.15, 0.2) is 53.1 Å². The average molecular weight is 429 g/mol. The van der Waals surface area contributed by atoms with Crippen molar-refractivity contribution in [3.63, 3.8) is 0 Å². The molecule has 0 bridgehead atoms. The first-order valence-electron chi connectivity index (χ1n) is 8.09. The Morgan fingerprint density at radius 1 is 1.11 bits per heavy atom. The van der Waals surface area contributed by atoms with Crippen LogP contribution >= 0.6 is 23.2 Å². The number of hydrogen-bond donors (Lipinski definition) is 1. The predicted octanol–water partition coefficient (Wildman–Crippen LogP) is 6.24. The van der Waals surface area contributed by atoms with E-state index in [9.17, 15) is 18.0 Å². The summed E-state index contributed by atoms with van der Waals surface area (Å²) in [6, 6.07) is 9.71. The fourth-order valence-electron chi connectivity index (χ4n) is 2.40. The number of amides is 1. The maximum absolute atomic E-state index is 12.8. The van der Waals surface area contributed by atoms with Gasteiger partial charge in [0.2, 0.25) is 5.91 Å². The standard InChI is InChI=1S/C19H13Cl2F3N2O2/c20-13-4-1-11(2-5-13)16-10-25-18(28-16)8-7-17(27)26-15-9-12(19(22,23)24)3-6-14(15)21/h1-6,9-10H,7-8H2,(H,26,27). The van der Waals surface area contributed by atoms with E-state index in [1.165, 1.54) is 6.20 Å². The highest BCUT2D eigenvalue weighted by atomic mass is 35.5. The number of aromatic nitrogens is 1. The van der Waals surface area contributed by atoms with Gasteiger partial charge in [0.1, 0.15) is 0 Å². The third-order valence-electron chi connectivity index (χ3n) is 3.82. The number of alkyl halides is 3. The summed E-state index contributed by atoms with van der Waals surface area (Å²) in [4.78, 5) is 16.2. The van der Waals surface area contributed by atoms with Crippen molar-refractivity contribution in [1.29, 1.82) is 0 Å². The van der Waals surface area contributed by atoms with Gasteiger partial charge in [-0.05, 0) is 42.5 Å². The van der Waals surface area contributed by atoms with Crippen molar-refractivity contribution >= 4 is 34.8 Å². The summed E-state index contributed by atoms with van der Waals surface area (Å²) in [5, 5.41) is 2.99. The number of rotatable bonds is 5. The summed E-state index contributed by atoms with van der Waals surface area (Å²) in [5.74, 6) is 0.343. The Morgan fingerprint density at radius 3 is 2.50 bits per heavy atom. The third-order valence-corrected chi connectivity index (χ3v) is 4.40. The van der Waals surface area contributed by atoms with Crippen LogP contribution in [0.1, 0.15) is 17.9 Å². The van der Waals surface area contributed by atoms with E-state index in [-0.39, 0.29) is 23.6 Å². The number of carbonyl (C=O) groups is 1. The van der Waals surface area contributed by atoms with Gasteiger partial charge in [0.25, 0.3) is 0 Å². The van der Waals surface area contributed by atoms with Crippen LogP contribution in [0.2, 0.25) is 10.0 Å². The molecule has 28 heavy (non-hydrogen) atoms. The first kappa shape index (κ1) is 20.2. The lowest BCUT2D eigenvalue weighted by molar-refractivity contribution is -0.137. The Labute approximate surface area is 168 Å². The van der Waals surface area contributed by atoms with Crippen LogP contribution in [-0.2, 0) is 17.4 Å². The average Bonchev–Trinajstić information content (AvgIpc) is 3.10. The van der Waals surface area contributed by atoms with E-state index in [0.717, 1.165) is 23.8 Å². The van der Waals surface area contributed by atoms with E-state index in [2.05, 4.69) is 10.3 Å². The van der Waals surface area contributed by atoms with E-state index >= 15 is 0 Å². The zero-order valence-electron chi connectivity index (χ0n) is 14.2. The number of nitrogens with zero attached hydrogens (tertiary/aromatic N) is 1. The molecule has 0 spiro atoms. The van der Waals surface area contributed by atoms with Crippen LogP contribution in [0.5, 0.6) is 0 Å². The summed E-state index contributed by atoms with van der Waals surface area (Å²) >= 11 is 11.7. The highest BCUT2D eigenvalue weighted by Gasteiger charge is 2.31. The molecule has 4 nitrogen and oxygen atoms in total. The van der Waals surface area contributed by atoms with Gasteiger partial charge >= 0.3 is 6.18 Å². The van der Waals surface area contributed by atoms with Crippen molar-refractivity contribution in [1.82, 2.24) is 4.98 Å². The fraction of sp³-hybridized carbons (Fsp3) is 0.158. The van der Waals surface area contributed by atoms with E-state index in [4.69, 9.17) is 27.6 Å². The van der Waals surface area contributed by atoms with Gasteiger partial charge in [-0.2, -0.15) is 13.2 Å². The number of oxazole rings is 1. The highest BCUT2D eigenvalue weighted by Crippen LogP contribution is 2.34. The molecule has 0 atom stereocenters. The van der Waals surface area contributed by atoms with Crippen molar-refractivity contribution in [3.05, 3.63) is 70.2 Å². The second kappa shape index (κ2) is 8.24. The van der Waals surface area contributed by atoms with Gasteiger partial charge in [0, 0.05) is 23.4 Å². The van der Waals surface area contributed by atoms with E-state index in [1.807, 2.05) is 0 Å². The lowest BCUT2D eigenvalue weighted by atomic mass is 10.2. The molecule has 0 aliphatic carbocycles. The molecule has 3 rings (SSSR count). The SMILES string of the molecule is O=C(CCc1ncc(-c2ccc(Cl)cc2)o1)Nc1cc(C(F)(F)F)ccc1Cl. The lowest BCUT2D eigenvalue weighted by Crippen LogP contribution is -2.14. The predicted molar refractivity (Wildman–Crippen MR) is 100 cm³/mol. The lowest BCUT2D eigenvalue weighted by Gasteiger charge is -2.11. The van der Waals surface area contributed by atoms with Crippen LogP contribution in [0.4, 0.5) is 18.9 Å². The fourth-order valence-corrected chi connectivity index (χ4v) is 2.69. The van der Waals surface area contributed by atoms with Gasteiger partial charge in [-0.15, -0.1) is 0 Å². The number of aryl methyl sites for hydroxylation is 1. The molecule has 0 aliphatic rings. The van der Waals surface area contributed by atoms with Gasteiger partial charge in [-0.1, -0.05) is 23.2 Å². The Bertz CT molecular complexity index is 986. The Hall–Kier alpha value is -2.51. The second-order valence-corrected chi connectivity index (χ2v) is 6.71. The zero-order chi connectivity index (χ0) is 20.3. The molecule has 146 valence electrons. The van der Waals surface area contributed by atoms with E-state index in [1.54, 1.807) is 24.3 Å². The summed E-state index contributed by atoms with van der Waals surface area (Å²) in [5.41, 5.74) is -0.216. The van der Waals surface area contributed by atoms with Crippen molar-refractivity contribution < 1.29 is 22.4 Å². The molecule has 1 amide bonds. The normalized spacial score (nSPS) is 11.5. The molecule has 0 fully saturated rings. The number of carbonyl (C=O) groups excluding carboxylic acids is 1. The molecule has 0 aliphatic heterocycles. The molecule has 1 N–H and O–H groups in total. The van der Waals surface area contributed by atoms with Crippen LogP contribution in [0.25, 0.3) is 11.3 Å². The molecule has 1 heterocycles. The Morgan fingerprint density at radius 2 is 1.82 bits per heavy atom. The van der Waals surface area contributed by atoms with Gasteiger partial charge in [0.15, 0.2) is 11.7 Å². The number of hydrogen-bond acceptors (Lipinski definition) is 3. The molecule has 1 aromatic heterocycles.